The summed E-state index contributed by atoms with van der Waals surface area (Å²) in [6, 6.07) is 5.18. The Hall–Kier alpha value is -1.01. The first kappa shape index (κ1) is 19.0. The molecule has 0 bridgehead atoms. The highest BCUT2D eigenvalue weighted by atomic mass is 35.5. The molecular weight excluding hydrogens is 303 g/mol. The fourth-order valence-electron chi connectivity index (χ4n) is 1.44. The number of para-hydroxylation sites is 1. The van der Waals surface area contributed by atoms with Gasteiger partial charge in [-0.25, -0.2) is 0 Å². The largest absolute Gasteiger partial charge is 0.487 e. The van der Waals surface area contributed by atoms with Crippen LogP contribution in [0.2, 0.25) is 5.02 Å². The molecule has 1 rings (SSSR count). The molecule has 7 heteroatoms. The van der Waals surface area contributed by atoms with Gasteiger partial charge in [0.25, 0.3) is 0 Å². The standard InChI is InChI=1S/C13H19ClN2O3.ClH/c1-2-18-8-9-19-13-10(14)4-3-5-11(13)16-12(17)6-7-15;/h3-5H,2,6-9,15H2,1H3,(H,16,17);1H. The van der Waals surface area contributed by atoms with Gasteiger partial charge in [0.1, 0.15) is 6.61 Å². The first-order valence-corrected chi connectivity index (χ1v) is 6.55. The van der Waals surface area contributed by atoms with Gasteiger partial charge in [0.05, 0.1) is 17.3 Å². The van der Waals surface area contributed by atoms with E-state index in [-0.39, 0.29) is 24.7 Å². The molecule has 5 nitrogen and oxygen atoms in total. The summed E-state index contributed by atoms with van der Waals surface area (Å²) in [4.78, 5) is 11.5. The van der Waals surface area contributed by atoms with E-state index in [1.54, 1.807) is 18.2 Å². The molecule has 0 aliphatic rings. The zero-order chi connectivity index (χ0) is 14.1. The van der Waals surface area contributed by atoms with E-state index in [0.717, 1.165) is 0 Å². The van der Waals surface area contributed by atoms with Crippen molar-refractivity contribution in [3.63, 3.8) is 0 Å². The summed E-state index contributed by atoms with van der Waals surface area (Å²) in [6.45, 7) is 3.68. The first-order valence-electron chi connectivity index (χ1n) is 6.18. The van der Waals surface area contributed by atoms with Gasteiger partial charge in [0.15, 0.2) is 5.75 Å². The monoisotopic (exact) mass is 322 g/mol. The predicted molar refractivity (Wildman–Crippen MR) is 83.0 cm³/mol. The van der Waals surface area contributed by atoms with Crippen LogP contribution in [0, 0.1) is 0 Å². The fourth-order valence-corrected chi connectivity index (χ4v) is 1.67. The third-order valence-electron chi connectivity index (χ3n) is 2.29. The van der Waals surface area contributed by atoms with E-state index in [4.69, 9.17) is 26.8 Å². The lowest BCUT2D eigenvalue weighted by Crippen LogP contribution is -2.17. The number of benzene rings is 1. The maximum Gasteiger partial charge on any atom is 0.225 e. The molecule has 114 valence electrons. The molecule has 1 aromatic rings. The average molecular weight is 323 g/mol. The topological polar surface area (TPSA) is 73.6 Å². The number of halogens is 2. The fraction of sp³-hybridized carbons (Fsp3) is 0.462. The number of carbonyl (C=O) groups is 1. The lowest BCUT2D eigenvalue weighted by atomic mass is 10.2. The van der Waals surface area contributed by atoms with Crippen LogP contribution in [0.15, 0.2) is 18.2 Å². The van der Waals surface area contributed by atoms with Crippen molar-refractivity contribution in [2.24, 2.45) is 5.73 Å². The van der Waals surface area contributed by atoms with Crippen molar-refractivity contribution in [1.29, 1.82) is 0 Å². The Kier molecular flexibility index (Phi) is 10.2. The first-order chi connectivity index (χ1) is 9.19. The zero-order valence-electron chi connectivity index (χ0n) is 11.4. The number of ether oxygens (including phenoxy) is 2. The lowest BCUT2D eigenvalue weighted by molar-refractivity contribution is -0.116. The number of carbonyl (C=O) groups excluding carboxylic acids is 1. The average Bonchev–Trinajstić information content (AvgIpc) is 2.37. The molecule has 1 amide bonds. The van der Waals surface area contributed by atoms with E-state index in [1.807, 2.05) is 6.92 Å². The van der Waals surface area contributed by atoms with Crippen molar-refractivity contribution >= 4 is 35.6 Å². The Morgan fingerprint density at radius 2 is 2.15 bits per heavy atom. The molecular formula is C13H20Cl2N2O3. The van der Waals surface area contributed by atoms with Crippen LogP contribution in [0.3, 0.4) is 0 Å². The minimum Gasteiger partial charge on any atom is -0.487 e. The van der Waals surface area contributed by atoms with E-state index < -0.39 is 0 Å². The van der Waals surface area contributed by atoms with Crippen LogP contribution >= 0.6 is 24.0 Å². The van der Waals surface area contributed by atoms with E-state index in [9.17, 15) is 4.79 Å². The Balaban J connectivity index is 0.00000361. The highest BCUT2D eigenvalue weighted by Crippen LogP contribution is 2.32. The van der Waals surface area contributed by atoms with E-state index in [0.29, 0.717) is 42.8 Å². The number of rotatable bonds is 8. The molecule has 0 atom stereocenters. The molecule has 0 saturated carbocycles. The van der Waals surface area contributed by atoms with Crippen LogP contribution in [0.5, 0.6) is 5.75 Å². The van der Waals surface area contributed by atoms with Crippen molar-refractivity contribution < 1.29 is 14.3 Å². The number of nitrogens with two attached hydrogens (primary N) is 1. The zero-order valence-corrected chi connectivity index (χ0v) is 12.9. The second-order valence-electron chi connectivity index (χ2n) is 3.75. The SMILES string of the molecule is CCOCCOc1c(Cl)cccc1NC(=O)CCN.Cl. The molecule has 0 fully saturated rings. The van der Waals surface area contributed by atoms with Gasteiger partial charge in [-0.05, 0) is 19.1 Å². The molecule has 0 radical (unpaired) electrons. The number of anilines is 1. The molecule has 20 heavy (non-hydrogen) atoms. The highest BCUT2D eigenvalue weighted by molar-refractivity contribution is 6.32. The van der Waals surface area contributed by atoms with E-state index in [1.165, 1.54) is 0 Å². The van der Waals surface area contributed by atoms with Gasteiger partial charge < -0.3 is 20.5 Å². The summed E-state index contributed by atoms with van der Waals surface area (Å²) >= 11 is 6.06. The third kappa shape index (κ3) is 6.43. The van der Waals surface area contributed by atoms with Crippen LogP contribution in [-0.4, -0.2) is 32.3 Å². The summed E-state index contributed by atoms with van der Waals surface area (Å²) in [6.07, 6.45) is 0.255. The van der Waals surface area contributed by atoms with Crippen molar-refractivity contribution in [3.8, 4) is 5.75 Å². The molecule has 1 aromatic carbocycles. The number of hydrogen-bond acceptors (Lipinski definition) is 4. The minimum atomic E-state index is -0.167. The lowest BCUT2D eigenvalue weighted by Gasteiger charge is -2.13. The second-order valence-corrected chi connectivity index (χ2v) is 4.16. The maximum absolute atomic E-state index is 11.5. The minimum absolute atomic E-state index is 0. The van der Waals surface area contributed by atoms with Gasteiger partial charge in [-0.2, -0.15) is 0 Å². The van der Waals surface area contributed by atoms with Crippen LogP contribution < -0.4 is 15.8 Å². The maximum atomic E-state index is 11.5. The smallest absolute Gasteiger partial charge is 0.225 e. The van der Waals surface area contributed by atoms with Crippen LogP contribution in [0.1, 0.15) is 13.3 Å². The Labute approximate surface area is 130 Å². The van der Waals surface area contributed by atoms with Gasteiger partial charge in [0, 0.05) is 19.6 Å². The van der Waals surface area contributed by atoms with Crippen LogP contribution in [-0.2, 0) is 9.53 Å². The molecule has 0 aliphatic carbocycles. The normalized spacial score (nSPS) is 9.75. The summed E-state index contributed by atoms with van der Waals surface area (Å²) in [7, 11) is 0. The Bertz CT molecular complexity index is 417. The highest BCUT2D eigenvalue weighted by Gasteiger charge is 2.11. The predicted octanol–water partition coefficient (Wildman–Crippen LogP) is 2.46. The van der Waals surface area contributed by atoms with Gasteiger partial charge in [-0.1, -0.05) is 17.7 Å². The van der Waals surface area contributed by atoms with Crippen molar-refractivity contribution in [1.82, 2.24) is 0 Å². The van der Waals surface area contributed by atoms with Crippen molar-refractivity contribution in [2.45, 2.75) is 13.3 Å². The van der Waals surface area contributed by atoms with Gasteiger partial charge >= 0.3 is 0 Å². The van der Waals surface area contributed by atoms with E-state index in [2.05, 4.69) is 5.32 Å². The van der Waals surface area contributed by atoms with Gasteiger partial charge in [-0.3, -0.25) is 4.79 Å². The summed E-state index contributed by atoms with van der Waals surface area (Å²) in [5.41, 5.74) is 5.87. The third-order valence-corrected chi connectivity index (χ3v) is 2.59. The molecule has 0 unspecified atom stereocenters. The second kappa shape index (κ2) is 10.7. The molecule has 0 spiro atoms. The van der Waals surface area contributed by atoms with Crippen LogP contribution in [0.4, 0.5) is 5.69 Å². The summed E-state index contributed by atoms with van der Waals surface area (Å²) in [5.74, 6) is 0.286. The quantitative estimate of drug-likeness (QED) is 0.721. The van der Waals surface area contributed by atoms with Crippen LogP contribution in [0.25, 0.3) is 0 Å². The van der Waals surface area contributed by atoms with E-state index >= 15 is 0 Å². The molecule has 0 saturated heterocycles. The number of hydrogen-bond donors (Lipinski definition) is 2. The Morgan fingerprint density at radius 1 is 1.40 bits per heavy atom. The van der Waals surface area contributed by atoms with Crippen molar-refractivity contribution in [3.05, 3.63) is 23.2 Å². The number of nitrogens with one attached hydrogen (secondary N) is 1. The van der Waals surface area contributed by atoms with Crippen molar-refractivity contribution in [2.75, 3.05) is 31.7 Å². The molecule has 0 aliphatic heterocycles. The molecule has 3 N–H and O–H groups in total. The molecule has 0 heterocycles. The van der Waals surface area contributed by atoms with Gasteiger partial charge in [0.2, 0.25) is 5.91 Å². The molecule has 0 aromatic heterocycles. The van der Waals surface area contributed by atoms with Gasteiger partial charge in [-0.15, -0.1) is 12.4 Å². The number of amides is 1. The Morgan fingerprint density at radius 3 is 2.80 bits per heavy atom. The summed E-state index contributed by atoms with van der Waals surface area (Å²) in [5, 5.41) is 3.17. The summed E-state index contributed by atoms with van der Waals surface area (Å²) < 4.78 is 10.7.